The van der Waals surface area contributed by atoms with Crippen molar-refractivity contribution in [2.75, 3.05) is 16.0 Å². The minimum absolute atomic E-state index is 0.00103. The molecule has 0 aliphatic carbocycles. The number of amides is 2. The number of nitrogens with one attached hydrogen (secondary N) is 1. The Morgan fingerprint density at radius 1 is 1.00 bits per heavy atom. The molecule has 0 bridgehead atoms. The van der Waals surface area contributed by atoms with Crippen molar-refractivity contribution < 1.29 is 9.59 Å². The van der Waals surface area contributed by atoms with Gasteiger partial charge >= 0.3 is 0 Å². The van der Waals surface area contributed by atoms with E-state index in [0.29, 0.717) is 18.1 Å². The molecule has 1 saturated heterocycles. The number of nitrogens with zero attached hydrogens (tertiary/aromatic N) is 1. The van der Waals surface area contributed by atoms with Crippen molar-refractivity contribution in [2.24, 2.45) is 0 Å². The van der Waals surface area contributed by atoms with Gasteiger partial charge in [-0.2, -0.15) is 0 Å². The molecule has 5 heteroatoms. The number of rotatable bonds is 7. The molecule has 1 aliphatic rings. The van der Waals surface area contributed by atoms with Crippen molar-refractivity contribution in [3.05, 3.63) is 95.6 Å². The van der Waals surface area contributed by atoms with Gasteiger partial charge in [-0.15, -0.1) is 11.8 Å². The number of carbonyl (C=O) groups excluding carboxylic acids is 2. The zero-order valence-electron chi connectivity index (χ0n) is 18.5. The summed E-state index contributed by atoms with van der Waals surface area (Å²) in [6.45, 7) is 4.33. The lowest BCUT2D eigenvalue weighted by Gasteiger charge is -2.25. The van der Waals surface area contributed by atoms with Gasteiger partial charge in [-0.05, 0) is 53.3 Å². The molecule has 3 aromatic rings. The van der Waals surface area contributed by atoms with Crippen molar-refractivity contribution in [3.8, 4) is 0 Å². The Balaban J connectivity index is 1.41. The zero-order valence-corrected chi connectivity index (χ0v) is 19.3. The van der Waals surface area contributed by atoms with Gasteiger partial charge in [-0.25, -0.2) is 0 Å². The van der Waals surface area contributed by atoms with Gasteiger partial charge in [0, 0.05) is 17.8 Å². The van der Waals surface area contributed by atoms with E-state index in [1.165, 1.54) is 5.56 Å². The molecular formula is C27H28N2O2S. The Hall–Kier alpha value is -3.05. The predicted molar refractivity (Wildman–Crippen MR) is 133 cm³/mol. The number of aryl methyl sites for hydroxylation is 1. The Bertz CT molecular complexity index is 1060. The molecule has 1 aliphatic heterocycles. The van der Waals surface area contributed by atoms with Crippen LogP contribution in [0, 0.1) is 0 Å². The Morgan fingerprint density at radius 2 is 1.69 bits per heavy atom. The molecule has 3 aromatic carbocycles. The summed E-state index contributed by atoms with van der Waals surface area (Å²) >= 11 is 1.63. The summed E-state index contributed by atoms with van der Waals surface area (Å²) in [6, 6.07) is 26.1. The maximum atomic E-state index is 12.6. The van der Waals surface area contributed by atoms with E-state index >= 15 is 0 Å². The summed E-state index contributed by atoms with van der Waals surface area (Å²) in [5, 5.41) is 2.91. The highest BCUT2D eigenvalue weighted by atomic mass is 32.2. The molecule has 1 heterocycles. The molecular weight excluding hydrogens is 416 g/mol. The van der Waals surface area contributed by atoms with Crippen LogP contribution in [-0.2, 0) is 16.0 Å². The lowest BCUT2D eigenvalue weighted by Crippen LogP contribution is -2.27. The molecule has 0 unspecified atom stereocenters. The standard InChI is InChI=1S/C27H28N2O2S/c1-19(2)21-11-15-24(16-12-21)29-26(31)18-32-27(29)22-9-13-23(14-10-22)28-25(30)17-8-20-6-4-3-5-7-20/h3-7,9-16,19,27H,8,17-18H2,1-2H3,(H,28,30)/t27-/m0/s1. The van der Waals surface area contributed by atoms with E-state index in [0.717, 1.165) is 28.9 Å². The van der Waals surface area contributed by atoms with Crippen molar-refractivity contribution >= 4 is 35.0 Å². The summed E-state index contributed by atoms with van der Waals surface area (Å²) in [6.07, 6.45) is 1.16. The largest absolute Gasteiger partial charge is 0.326 e. The highest BCUT2D eigenvalue weighted by Gasteiger charge is 2.34. The van der Waals surface area contributed by atoms with E-state index in [9.17, 15) is 9.59 Å². The number of hydrogen-bond acceptors (Lipinski definition) is 3. The summed E-state index contributed by atoms with van der Waals surface area (Å²) in [4.78, 5) is 26.8. The molecule has 4 rings (SSSR count). The van der Waals surface area contributed by atoms with Crippen LogP contribution in [0.1, 0.15) is 48.3 Å². The van der Waals surface area contributed by atoms with E-state index in [1.54, 1.807) is 11.8 Å². The average Bonchev–Trinajstić information content (AvgIpc) is 3.20. The van der Waals surface area contributed by atoms with Gasteiger partial charge in [-0.3, -0.25) is 14.5 Å². The highest BCUT2D eigenvalue weighted by molar-refractivity contribution is 8.00. The van der Waals surface area contributed by atoms with Crippen LogP contribution >= 0.6 is 11.8 Å². The van der Waals surface area contributed by atoms with Crippen LogP contribution in [0.4, 0.5) is 11.4 Å². The SMILES string of the molecule is CC(C)c1ccc(N2C(=O)CS[C@H]2c2ccc(NC(=O)CCc3ccccc3)cc2)cc1. The van der Waals surface area contributed by atoms with Crippen molar-refractivity contribution in [1.29, 1.82) is 0 Å². The summed E-state index contributed by atoms with van der Waals surface area (Å²) in [5.41, 5.74) is 5.16. The molecule has 1 N–H and O–H groups in total. The van der Waals surface area contributed by atoms with Crippen LogP contribution in [-0.4, -0.2) is 17.6 Å². The van der Waals surface area contributed by atoms with E-state index < -0.39 is 0 Å². The van der Waals surface area contributed by atoms with Crippen molar-refractivity contribution in [2.45, 2.75) is 38.0 Å². The number of benzene rings is 3. The lowest BCUT2D eigenvalue weighted by atomic mass is 10.0. The number of hydrogen-bond donors (Lipinski definition) is 1. The van der Waals surface area contributed by atoms with Crippen LogP contribution < -0.4 is 10.2 Å². The summed E-state index contributed by atoms with van der Waals surface area (Å²) < 4.78 is 0. The topological polar surface area (TPSA) is 49.4 Å². The van der Waals surface area contributed by atoms with Gasteiger partial charge < -0.3 is 5.32 Å². The molecule has 4 nitrogen and oxygen atoms in total. The molecule has 0 spiro atoms. The monoisotopic (exact) mass is 444 g/mol. The molecule has 1 fully saturated rings. The predicted octanol–water partition coefficient (Wildman–Crippen LogP) is 6.16. The van der Waals surface area contributed by atoms with Crippen molar-refractivity contribution in [3.63, 3.8) is 0 Å². The summed E-state index contributed by atoms with van der Waals surface area (Å²) in [7, 11) is 0. The van der Waals surface area contributed by atoms with Crippen LogP contribution in [0.3, 0.4) is 0 Å². The number of anilines is 2. The molecule has 32 heavy (non-hydrogen) atoms. The first kappa shape index (κ1) is 22.2. The first-order chi connectivity index (χ1) is 15.5. The van der Waals surface area contributed by atoms with Gasteiger partial charge in [0.15, 0.2) is 0 Å². The fourth-order valence-electron chi connectivity index (χ4n) is 3.83. The van der Waals surface area contributed by atoms with E-state index in [1.807, 2.05) is 71.6 Å². The fraction of sp³-hybridized carbons (Fsp3) is 0.259. The first-order valence-corrected chi connectivity index (χ1v) is 12.0. The Morgan fingerprint density at radius 3 is 2.34 bits per heavy atom. The number of carbonyl (C=O) groups is 2. The molecule has 1 atom stereocenters. The second-order valence-electron chi connectivity index (χ2n) is 8.33. The van der Waals surface area contributed by atoms with Gasteiger partial charge in [0.1, 0.15) is 5.37 Å². The maximum Gasteiger partial charge on any atom is 0.238 e. The van der Waals surface area contributed by atoms with E-state index in [-0.39, 0.29) is 17.2 Å². The smallest absolute Gasteiger partial charge is 0.238 e. The normalized spacial score (nSPS) is 15.9. The van der Waals surface area contributed by atoms with Crippen molar-refractivity contribution in [1.82, 2.24) is 0 Å². The average molecular weight is 445 g/mol. The highest BCUT2D eigenvalue weighted by Crippen LogP contribution is 2.42. The third kappa shape index (κ3) is 5.22. The molecule has 164 valence electrons. The van der Waals surface area contributed by atoms with Gasteiger partial charge in [0.25, 0.3) is 0 Å². The minimum Gasteiger partial charge on any atom is -0.326 e. The van der Waals surface area contributed by atoms with Crippen LogP contribution in [0.2, 0.25) is 0 Å². The van der Waals surface area contributed by atoms with Crippen LogP contribution in [0.25, 0.3) is 0 Å². The second kappa shape index (κ2) is 10.0. The molecule has 2 amide bonds. The van der Waals surface area contributed by atoms with Gasteiger partial charge in [0.2, 0.25) is 11.8 Å². The third-order valence-corrected chi connectivity index (χ3v) is 6.88. The Kier molecular flexibility index (Phi) is 6.96. The lowest BCUT2D eigenvalue weighted by molar-refractivity contribution is -0.116. The molecule has 0 radical (unpaired) electrons. The van der Waals surface area contributed by atoms with Crippen LogP contribution in [0.15, 0.2) is 78.9 Å². The number of thioether (sulfide) groups is 1. The third-order valence-electron chi connectivity index (χ3n) is 5.67. The zero-order chi connectivity index (χ0) is 22.5. The van der Waals surface area contributed by atoms with E-state index in [2.05, 4.69) is 31.3 Å². The Labute approximate surface area is 194 Å². The second-order valence-corrected chi connectivity index (χ2v) is 9.40. The summed E-state index contributed by atoms with van der Waals surface area (Å²) in [5.74, 6) is 1.04. The quantitative estimate of drug-likeness (QED) is 0.475. The fourth-order valence-corrected chi connectivity index (χ4v) is 5.00. The van der Waals surface area contributed by atoms with Crippen LogP contribution in [0.5, 0.6) is 0 Å². The maximum absolute atomic E-state index is 12.6. The minimum atomic E-state index is -0.0600. The van der Waals surface area contributed by atoms with E-state index in [4.69, 9.17) is 0 Å². The van der Waals surface area contributed by atoms with Gasteiger partial charge in [0.05, 0.1) is 5.75 Å². The van der Waals surface area contributed by atoms with Gasteiger partial charge in [-0.1, -0.05) is 68.4 Å². The molecule has 0 saturated carbocycles. The molecule has 0 aromatic heterocycles. The first-order valence-electron chi connectivity index (χ1n) is 11.0.